The summed E-state index contributed by atoms with van der Waals surface area (Å²) in [5.74, 6) is 4.40. The molecule has 0 saturated heterocycles. The van der Waals surface area contributed by atoms with Gasteiger partial charge in [0.15, 0.2) is 0 Å². The molecule has 0 aromatic carbocycles. The quantitative estimate of drug-likeness (QED) is 0.713. The van der Waals surface area contributed by atoms with Gasteiger partial charge in [-0.25, -0.2) is 0 Å². The lowest BCUT2D eigenvalue weighted by Gasteiger charge is -2.46. The minimum absolute atomic E-state index is 0.0270. The Kier molecular flexibility index (Phi) is 7.29. The predicted molar refractivity (Wildman–Crippen MR) is 113 cm³/mol. The van der Waals surface area contributed by atoms with E-state index in [-0.39, 0.29) is 6.10 Å². The molecule has 0 bridgehead atoms. The van der Waals surface area contributed by atoms with Crippen molar-refractivity contribution in [1.29, 1.82) is 0 Å². The summed E-state index contributed by atoms with van der Waals surface area (Å²) in [6, 6.07) is 0. The number of fused-ring (bicyclic) bond motifs is 2. The molecule has 3 rings (SSSR count). The van der Waals surface area contributed by atoms with Crippen LogP contribution in [0.3, 0.4) is 0 Å². The first-order valence-corrected chi connectivity index (χ1v) is 12.9. The summed E-state index contributed by atoms with van der Waals surface area (Å²) >= 11 is 0. The van der Waals surface area contributed by atoms with E-state index in [1.54, 1.807) is 0 Å². The van der Waals surface area contributed by atoms with Gasteiger partial charge in [0, 0.05) is 16.8 Å². The smallest absolute Gasteiger partial charge is 0.0543 e. The van der Waals surface area contributed by atoms with Gasteiger partial charge in [0.25, 0.3) is 0 Å². The highest BCUT2D eigenvalue weighted by molar-refractivity contribution is 6.11. The lowest BCUT2D eigenvalue weighted by Crippen LogP contribution is -2.38. The number of aliphatic hydroxyl groups is 2. The van der Waals surface area contributed by atoms with Crippen LogP contribution in [0.4, 0.5) is 0 Å². The van der Waals surface area contributed by atoms with Crippen molar-refractivity contribution >= 4 is 10.2 Å². The topological polar surface area (TPSA) is 40.5 Å². The van der Waals surface area contributed by atoms with Gasteiger partial charge in [0.2, 0.25) is 0 Å². The van der Waals surface area contributed by atoms with Crippen molar-refractivity contribution in [2.45, 2.75) is 103 Å². The highest BCUT2D eigenvalue weighted by Crippen LogP contribution is 2.53. The molecule has 0 aromatic rings. The molecule has 0 spiro atoms. The summed E-state index contributed by atoms with van der Waals surface area (Å²) in [5.41, 5.74) is 1.44. The van der Waals surface area contributed by atoms with Crippen LogP contribution in [-0.2, 0) is 0 Å². The molecule has 3 saturated carbocycles. The van der Waals surface area contributed by atoms with E-state index in [0.717, 1.165) is 54.4 Å². The molecule has 3 aliphatic carbocycles. The van der Waals surface area contributed by atoms with Gasteiger partial charge in [-0.15, -0.1) is 0 Å². The highest BCUT2D eigenvalue weighted by atomic mass is 28.1. The van der Waals surface area contributed by atoms with Gasteiger partial charge in [-0.1, -0.05) is 38.7 Å². The van der Waals surface area contributed by atoms with Crippen LogP contribution < -0.4 is 0 Å². The minimum atomic E-state index is -0.0270. The van der Waals surface area contributed by atoms with Crippen molar-refractivity contribution < 1.29 is 10.2 Å². The third-order valence-corrected chi connectivity index (χ3v) is 9.79. The van der Waals surface area contributed by atoms with E-state index in [2.05, 4.69) is 13.8 Å². The average Bonchev–Trinajstić information content (AvgIpc) is 2.99. The second-order valence-corrected chi connectivity index (χ2v) is 12.4. The van der Waals surface area contributed by atoms with Crippen LogP contribution >= 0.6 is 0 Å². The summed E-state index contributed by atoms with van der Waals surface area (Å²) in [7, 11) is 1.32. The van der Waals surface area contributed by atoms with Crippen molar-refractivity contribution in [3.05, 3.63) is 0 Å². The molecule has 0 heterocycles. The molecular formula is C23H44O2Si. The maximum atomic E-state index is 10.2. The molecule has 152 valence electrons. The molecule has 3 heteroatoms. The van der Waals surface area contributed by atoms with Crippen LogP contribution in [0.25, 0.3) is 0 Å². The molecule has 0 radical (unpaired) electrons. The Labute approximate surface area is 165 Å². The fourth-order valence-electron chi connectivity index (χ4n) is 7.24. The summed E-state index contributed by atoms with van der Waals surface area (Å²) < 4.78 is 0. The zero-order valence-electron chi connectivity index (χ0n) is 17.6. The molecular weight excluding hydrogens is 336 g/mol. The Bertz CT molecular complexity index is 442. The van der Waals surface area contributed by atoms with Gasteiger partial charge in [-0.3, -0.25) is 0 Å². The third kappa shape index (κ3) is 4.75. The molecule has 0 aromatic heterocycles. The lowest BCUT2D eigenvalue weighted by atomic mass is 9.61. The van der Waals surface area contributed by atoms with Crippen LogP contribution in [0.2, 0.25) is 5.54 Å². The number of hydrogen-bond acceptors (Lipinski definition) is 2. The first-order chi connectivity index (χ1) is 12.4. The second-order valence-electron chi connectivity index (χ2n) is 10.8. The summed E-state index contributed by atoms with van der Waals surface area (Å²) in [6.45, 7) is 5.37. The van der Waals surface area contributed by atoms with Crippen LogP contribution in [-0.4, -0.2) is 33.2 Å². The van der Waals surface area contributed by atoms with Gasteiger partial charge in [0.05, 0.1) is 6.10 Å². The average molecular weight is 381 g/mol. The molecule has 26 heavy (non-hydrogen) atoms. The summed E-state index contributed by atoms with van der Waals surface area (Å²) in [6.07, 6.45) is 15.5. The second kappa shape index (κ2) is 9.09. The van der Waals surface area contributed by atoms with Crippen LogP contribution in [0.15, 0.2) is 0 Å². The van der Waals surface area contributed by atoms with Gasteiger partial charge >= 0.3 is 0 Å². The highest BCUT2D eigenvalue weighted by Gasteiger charge is 2.43. The first-order valence-electron chi connectivity index (χ1n) is 11.7. The van der Waals surface area contributed by atoms with Crippen molar-refractivity contribution in [3.63, 3.8) is 0 Å². The van der Waals surface area contributed by atoms with Gasteiger partial charge in [-0.2, -0.15) is 0 Å². The Hall–Kier alpha value is 0.137. The van der Waals surface area contributed by atoms with E-state index in [4.69, 9.17) is 0 Å². The predicted octanol–water partition coefficient (Wildman–Crippen LogP) is 4.32. The van der Waals surface area contributed by atoms with E-state index < -0.39 is 0 Å². The zero-order valence-corrected chi connectivity index (χ0v) is 19.6. The number of aliphatic hydroxyl groups excluding tert-OH is 2. The largest absolute Gasteiger partial charge is 0.396 e. The Morgan fingerprint density at radius 3 is 2.65 bits per heavy atom. The lowest BCUT2D eigenvalue weighted by molar-refractivity contribution is 0.00242. The van der Waals surface area contributed by atoms with Crippen LogP contribution in [0.1, 0.15) is 90.9 Å². The molecule has 3 aliphatic rings. The maximum absolute atomic E-state index is 10.2. The van der Waals surface area contributed by atoms with Gasteiger partial charge < -0.3 is 10.2 Å². The summed E-state index contributed by atoms with van der Waals surface area (Å²) in [4.78, 5) is 0. The van der Waals surface area contributed by atoms with Crippen LogP contribution in [0, 0.1) is 35.0 Å². The van der Waals surface area contributed by atoms with E-state index in [0.29, 0.717) is 12.0 Å². The van der Waals surface area contributed by atoms with Gasteiger partial charge in [0.1, 0.15) is 0 Å². The van der Waals surface area contributed by atoms with E-state index in [1.165, 1.54) is 68.0 Å². The maximum Gasteiger partial charge on any atom is 0.0543 e. The molecule has 3 fully saturated rings. The molecule has 8 atom stereocenters. The minimum Gasteiger partial charge on any atom is -0.396 e. The fourth-order valence-corrected chi connectivity index (χ4v) is 8.42. The first kappa shape index (κ1) is 20.9. The van der Waals surface area contributed by atoms with Crippen molar-refractivity contribution in [3.8, 4) is 0 Å². The SMILES string of the molecule is C[C@H](CCCO)[C@H]1CCC2C[C@H]([SiH3])CC3C[C@H](O)CC[C@]3(C)CCC[C@@H]21. The number of hydrogen-bond donors (Lipinski definition) is 2. The van der Waals surface area contributed by atoms with Crippen molar-refractivity contribution in [2.75, 3.05) is 6.61 Å². The third-order valence-electron chi connectivity index (χ3n) is 8.84. The van der Waals surface area contributed by atoms with E-state index in [1.807, 2.05) is 0 Å². The Balaban J connectivity index is 1.68. The van der Waals surface area contributed by atoms with Crippen molar-refractivity contribution in [2.24, 2.45) is 35.0 Å². The van der Waals surface area contributed by atoms with Crippen molar-refractivity contribution in [1.82, 2.24) is 0 Å². The molecule has 2 nitrogen and oxygen atoms in total. The molecule has 2 unspecified atom stereocenters. The fraction of sp³-hybridized carbons (Fsp3) is 1.00. The monoisotopic (exact) mass is 380 g/mol. The zero-order chi connectivity index (χ0) is 18.7. The van der Waals surface area contributed by atoms with Gasteiger partial charge in [-0.05, 0) is 92.8 Å². The Morgan fingerprint density at radius 2 is 1.88 bits per heavy atom. The van der Waals surface area contributed by atoms with Crippen LogP contribution in [0.5, 0.6) is 0 Å². The summed E-state index contributed by atoms with van der Waals surface area (Å²) in [5, 5.41) is 19.5. The molecule has 0 aliphatic heterocycles. The number of rotatable bonds is 4. The molecule has 0 amide bonds. The van der Waals surface area contributed by atoms with E-state index >= 15 is 0 Å². The molecule has 2 N–H and O–H groups in total. The normalized spacial score (nSPS) is 45.7. The standard InChI is InChI=1S/C23H44O2Si/c1-16(5-4-12-24)21-8-7-17-13-20(26)15-18-14-19(25)9-11-23(18,2)10-3-6-22(17)21/h16-22,24-25H,3-15H2,1-2,26H3/t16-,17?,18?,19-,20+,21-,22+,23+/m1/s1. The Morgan fingerprint density at radius 1 is 1.08 bits per heavy atom. The van der Waals surface area contributed by atoms with E-state index in [9.17, 15) is 10.2 Å².